The fourth-order valence-electron chi connectivity index (χ4n) is 3.47. The Labute approximate surface area is 162 Å². The number of carbonyl (C=O) groups is 1. The number of ether oxygens (including phenoxy) is 1. The van der Waals surface area contributed by atoms with Gasteiger partial charge in [0.25, 0.3) is 0 Å². The molecular weight excluding hydrogens is 352 g/mol. The molecule has 0 radical (unpaired) electrons. The lowest BCUT2D eigenvalue weighted by atomic mass is 9.99. The van der Waals surface area contributed by atoms with Crippen LogP contribution in [0.15, 0.2) is 60.7 Å². The van der Waals surface area contributed by atoms with Crippen LogP contribution in [0.2, 0.25) is 0 Å². The lowest BCUT2D eigenvalue weighted by molar-refractivity contribution is 0.0690. The number of hydrogen-bond donors (Lipinski definition) is 2. The van der Waals surface area contributed by atoms with Gasteiger partial charge < -0.3 is 14.8 Å². The minimum atomic E-state index is -1.02. The van der Waals surface area contributed by atoms with Gasteiger partial charge in [0.15, 0.2) is 0 Å². The molecular formula is C23H20N2O3. The minimum Gasteiger partial charge on any atom is -0.497 e. The lowest BCUT2D eigenvalue weighted by Crippen LogP contribution is -2.03. The van der Waals surface area contributed by atoms with E-state index < -0.39 is 5.97 Å². The number of hydrogen-bond acceptors (Lipinski definition) is 3. The summed E-state index contributed by atoms with van der Waals surface area (Å²) in [6, 6.07) is 19.3. The molecule has 2 N–H and O–H groups in total. The predicted octanol–water partition coefficient (Wildman–Crippen LogP) is 4.84. The third kappa shape index (κ3) is 3.34. The first-order chi connectivity index (χ1) is 13.5. The van der Waals surface area contributed by atoms with E-state index in [1.807, 2.05) is 30.3 Å². The molecule has 0 saturated carbocycles. The largest absolute Gasteiger partial charge is 0.497 e. The zero-order valence-corrected chi connectivity index (χ0v) is 15.7. The number of aromatic carboxylic acids is 1. The maximum atomic E-state index is 11.3. The number of methoxy groups -OCH3 is 1. The summed E-state index contributed by atoms with van der Waals surface area (Å²) in [7, 11) is 1.65. The molecule has 28 heavy (non-hydrogen) atoms. The highest BCUT2D eigenvalue weighted by atomic mass is 16.5. The number of H-pyrrole nitrogens is 1. The second-order valence-electron chi connectivity index (χ2n) is 6.76. The molecule has 2 heterocycles. The van der Waals surface area contributed by atoms with Gasteiger partial charge in [0.05, 0.1) is 12.8 Å². The van der Waals surface area contributed by atoms with E-state index in [4.69, 9.17) is 4.74 Å². The first kappa shape index (κ1) is 17.8. The number of fused-ring (bicyclic) bond motifs is 1. The molecule has 0 atom stereocenters. The van der Waals surface area contributed by atoms with Crippen LogP contribution in [0.5, 0.6) is 5.75 Å². The Morgan fingerprint density at radius 3 is 2.68 bits per heavy atom. The van der Waals surface area contributed by atoms with Crippen molar-refractivity contribution < 1.29 is 14.6 Å². The van der Waals surface area contributed by atoms with E-state index in [0.717, 1.165) is 33.5 Å². The number of aryl methyl sites for hydroxylation is 1. The number of carboxylic acids is 1. The number of carboxylic acid groups (broad SMARTS) is 1. The van der Waals surface area contributed by atoms with Crippen molar-refractivity contribution in [3.8, 4) is 17.0 Å². The third-order valence-corrected chi connectivity index (χ3v) is 4.80. The SMILES string of the molecule is COc1ccc2c(Cc3cccc(C(=O)O)n3)c(-c3cccc(C)c3)[nH]c2c1. The van der Waals surface area contributed by atoms with Crippen molar-refractivity contribution in [3.63, 3.8) is 0 Å². The fraction of sp³-hybridized carbons (Fsp3) is 0.130. The maximum Gasteiger partial charge on any atom is 0.354 e. The summed E-state index contributed by atoms with van der Waals surface area (Å²) in [6.45, 7) is 2.06. The van der Waals surface area contributed by atoms with Crippen LogP contribution in [0.4, 0.5) is 0 Å². The van der Waals surface area contributed by atoms with Crippen LogP contribution >= 0.6 is 0 Å². The fourth-order valence-corrected chi connectivity index (χ4v) is 3.47. The number of aromatic nitrogens is 2. The van der Waals surface area contributed by atoms with Gasteiger partial charge in [-0.15, -0.1) is 0 Å². The standard InChI is InChI=1S/C23H20N2O3/c1-14-5-3-6-15(11-14)22-19(12-16-7-4-8-20(24-16)23(26)27)18-10-9-17(28-2)13-21(18)25-22/h3-11,13,25H,12H2,1-2H3,(H,26,27). The Bertz CT molecular complexity index is 1180. The molecule has 4 aromatic rings. The van der Waals surface area contributed by atoms with Gasteiger partial charge in [0.2, 0.25) is 0 Å². The van der Waals surface area contributed by atoms with E-state index in [2.05, 4.69) is 35.1 Å². The van der Waals surface area contributed by atoms with E-state index in [0.29, 0.717) is 12.1 Å². The first-order valence-corrected chi connectivity index (χ1v) is 9.00. The van der Waals surface area contributed by atoms with Gasteiger partial charge in [0, 0.05) is 29.1 Å². The number of aromatic amines is 1. The van der Waals surface area contributed by atoms with Gasteiger partial charge in [-0.05, 0) is 48.4 Å². The van der Waals surface area contributed by atoms with E-state index in [9.17, 15) is 9.90 Å². The molecule has 2 aromatic heterocycles. The van der Waals surface area contributed by atoms with E-state index in [1.54, 1.807) is 13.2 Å². The van der Waals surface area contributed by atoms with Gasteiger partial charge in [-0.3, -0.25) is 0 Å². The summed E-state index contributed by atoms with van der Waals surface area (Å²) < 4.78 is 5.36. The van der Waals surface area contributed by atoms with Gasteiger partial charge in [0.1, 0.15) is 11.4 Å². The molecule has 140 valence electrons. The molecule has 0 saturated heterocycles. The zero-order valence-electron chi connectivity index (χ0n) is 15.7. The number of benzene rings is 2. The number of nitrogens with one attached hydrogen (secondary N) is 1. The number of pyridine rings is 1. The Morgan fingerprint density at radius 2 is 1.93 bits per heavy atom. The second kappa shape index (κ2) is 7.19. The molecule has 0 spiro atoms. The predicted molar refractivity (Wildman–Crippen MR) is 109 cm³/mol. The van der Waals surface area contributed by atoms with Crippen LogP contribution in [-0.4, -0.2) is 28.2 Å². The maximum absolute atomic E-state index is 11.3. The van der Waals surface area contributed by atoms with Crippen LogP contribution in [0.25, 0.3) is 22.2 Å². The topological polar surface area (TPSA) is 75.2 Å². The summed E-state index contributed by atoms with van der Waals surface area (Å²) in [4.78, 5) is 19.1. The highest BCUT2D eigenvalue weighted by Crippen LogP contribution is 2.34. The van der Waals surface area contributed by atoms with Crippen LogP contribution in [0, 0.1) is 6.92 Å². The molecule has 5 heteroatoms. The monoisotopic (exact) mass is 372 g/mol. The highest BCUT2D eigenvalue weighted by Gasteiger charge is 2.16. The summed E-state index contributed by atoms with van der Waals surface area (Å²) in [5.74, 6) is -0.244. The average molecular weight is 372 g/mol. The molecule has 5 nitrogen and oxygen atoms in total. The van der Waals surface area contributed by atoms with E-state index in [-0.39, 0.29) is 5.69 Å². The average Bonchev–Trinajstić information content (AvgIpc) is 3.05. The zero-order chi connectivity index (χ0) is 19.7. The molecule has 0 bridgehead atoms. The lowest BCUT2D eigenvalue weighted by Gasteiger charge is -2.07. The Hall–Kier alpha value is -3.60. The quantitative estimate of drug-likeness (QED) is 0.526. The van der Waals surface area contributed by atoms with Gasteiger partial charge in [-0.25, -0.2) is 9.78 Å². The molecule has 4 rings (SSSR count). The molecule has 0 unspecified atom stereocenters. The van der Waals surface area contributed by atoms with Gasteiger partial charge >= 0.3 is 5.97 Å². The smallest absolute Gasteiger partial charge is 0.354 e. The summed E-state index contributed by atoms with van der Waals surface area (Å²) in [5, 5.41) is 10.3. The van der Waals surface area contributed by atoms with E-state index >= 15 is 0 Å². The van der Waals surface area contributed by atoms with Crippen molar-refractivity contribution in [1.29, 1.82) is 0 Å². The van der Waals surface area contributed by atoms with Crippen LogP contribution in [0.3, 0.4) is 0 Å². The molecule has 0 aliphatic rings. The third-order valence-electron chi connectivity index (χ3n) is 4.80. The van der Waals surface area contributed by atoms with Gasteiger partial charge in [-0.1, -0.05) is 29.8 Å². The summed E-state index contributed by atoms with van der Waals surface area (Å²) in [6.07, 6.45) is 0.525. The van der Waals surface area contributed by atoms with Crippen molar-refractivity contribution in [2.45, 2.75) is 13.3 Å². The Kier molecular flexibility index (Phi) is 4.57. The molecule has 0 aliphatic carbocycles. The van der Waals surface area contributed by atoms with E-state index in [1.165, 1.54) is 11.6 Å². The number of nitrogens with zero attached hydrogens (tertiary/aromatic N) is 1. The summed E-state index contributed by atoms with van der Waals surface area (Å²) in [5.41, 5.74) is 6.08. The van der Waals surface area contributed by atoms with Crippen molar-refractivity contribution in [1.82, 2.24) is 9.97 Å². The Balaban J connectivity index is 1.88. The van der Waals surface area contributed by atoms with Crippen molar-refractivity contribution in [2.75, 3.05) is 7.11 Å². The molecule has 0 aliphatic heterocycles. The van der Waals surface area contributed by atoms with Gasteiger partial charge in [-0.2, -0.15) is 0 Å². The molecule has 0 amide bonds. The molecule has 2 aromatic carbocycles. The highest BCUT2D eigenvalue weighted by molar-refractivity contribution is 5.92. The second-order valence-corrected chi connectivity index (χ2v) is 6.76. The minimum absolute atomic E-state index is 0.0520. The van der Waals surface area contributed by atoms with Crippen molar-refractivity contribution >= 4 is 16.9 Å². The van der Waals surface area contributed by atoms with Crippen LogP contribution in [0.1, 0.15) is 27.3 Å². The van der Waals surface area contributed by atoms with Crippen LogP contribution in [-0.2, 0) is 6.42 Å². The number of rotatable bonds is 5. The van der Waals surface area contributed by atoms with Crippen molar-refractivity contribution in [2.24, 2.45) is 0 Å². The molecule has 0 fully saturated rings. The van der Waals surface area contributed by atoms with Crippen molar-refractivity contribution in [3.05, 3.63) is 83.2 Å². The van der Waals surface area contributed by atoms with Crippen LogP contribution < -0.4 is 4.74 Å². The Morgan fingerprint density at radius 1 is 1.11 bits per heavy atom. The normalized spacial score (nSPS) is 10.9. The summed E-state index contributed by atoms with van der Waals surface area (Å²) >= 11 is 0. The first-order valence-electron chi connectivity index (χ1n) is 9.00.